The Morgan fingerprint density at radius 2 is 2.04 bits per heavy atom. The van der Waals surface area contributed by atoms with E-state index in [9.17, 15) is 9.59 Å². The molecule has 8 nitrogen and oxygen atoms in total. The molecule has 2 amide bonds. The van der Waals surface area contributed by atoms with E-state index in [0.717, 1.165) is 17.1 Å². The maximum Gasteiger partial charge on any atom is 0.407 e. The van der Waals surface area contributed by atoms with Gasteiger partial charge in [-0.2, -0.15) is 0 Å². The number of ether oxygens (including phenoxy) is 1. The third kappa shape index (κ3) is 3.49. The number of hydrogen-bond donors (Lipinski definition) is 1. The predicted molar refractivity (Wildman–Crippen MR) is 104 cm³/mol. The molecule has 0 unspecified atom stereocenters. The van der Waals surface area contributed by atoms with Gasteiger partial charge in [-0.1, -0.05) is 12.1 Å². The lowest BCUT2D eigenvalue weighted by Crippen LogP contribution is -2.48. The second-order valence-corrected chi connectivity index (χ2v) is 7.46. The lowest BCUT2D eigenvalue weighted by Gasteiger charge is -2.37. The highest BCUT2D eigenvalue weighted by molar-refractivity contribution is 5.95. The Balaban J connectivity index is 1.49. The maximum absolute atomic E-state index is 13.0. The molecule has 0 saturated carbocycles. The molecular weight excluding hydrogens is 358 g/mol. The van der Waals surface area contributed by atoms with Crippen LogP contribution in [0.5, 0.6) is 0 Å². The van der Waals surface area contributed by atoms with E-state index in [-0.39, 0.29) is 12.0 Å². The van der Waals surface area contributed by atoms with E-state index in [1.165, 1.54) is 0 Å². The summed E-state index contributed by atoms with van der Waals surface area (Å²) in [5.74, 6) is 0.737. The first-order valence-corrected chi connectivity index (χ1v) is 9.32. The molecule has 0 bridgehead atoms. The molecule has 1 N–H and O–H groups in total. The summed E-state index contributed by atoms with van der Waals surface area (Å²) < 4.78 is 5.42. The Labute approximate surface area is 163 Å². The van der Waals surface area contributed by atoms with Crippen molar-refractivity contribution < 1.29 is 14.3 Å². The number of benzene rings is 1. The van der Waals surface area contributed by atoms with E-state index < -0.39 is 5.60 Å². The average Bonchev–Trinajstić information content (AvgIpc) is 3.08. The number of nitrogens with zero attached hydrogens (tertiary/aromatic N) is 4. The summed E-state index contributed by atoms with van der Waals surface area (Å²) in [4.78, 5) is 36.9. The molecule has 0 aliphatic carbocycles. The Kier molecular flexibility index (Phi) is 4.62. The maximum atomic E-state index is 13.0. The molecule has 1 aromatic carbocycles. The highest BCUT2D eigenvalue weighted by Crippen LogP contribution is 2.30. The number of amides is 2. The largest absolute Gasteiger partial charge is 0.441 e. The zero-order valence-electron chi connectivity index (χ0n) is 16.0. The number of aromatic nitrogens is 2. The number of alkyl carbamates (subject to hydrolysis) is 1. The molecule has 0 atom stereocenters. The zero-order chi connectivity index (χ0) is 19.7. The zero-order valence-corrected chi connectivity index (χ0v) is 16.0. The average molecular weight is 381 g/mol. The van der Waals surface area contributed by atoms with Crippen LogP contribution >= 0.6 is 0 Å². The van der Waals surface area contributed by atoms with Crippen LogP contribution < -0.4 is 10.2 Å². The van der Waals surface area contributed by atoms with Gasteiger partial charge in [-0.05, 0) is 12.1 Å². The molecule has 146 valence electrons. The lowest BCUT2D eigenvalue weighted by atomic mass is 9.91. The fraction of sp³-hybridized carbons (Fsp3) is 0.400. The minimum Gasteiger partial charge on any atom is -0.441 e. The molecule has 2 aliphatic heterocycles. The molecule has 4 rings (SSSR count). The quantitative estimate of drug-likeness (QED) is 0.874. The van der Waals surface area contributed by atoms with Gasteiger partial charge in [0.1, 0.15) is 11.4 Å². The van der Waals surface area contributed by atoms with Gasteiger partial charge >= 0.3 is 6.09 Å². The Morgan fingerprint density at radius 1 is 1.25 bits per heavy atom. The van der Waals surface area contributed by atoms with Gasteiger partial charge in [-0.25, -0.2) is 9.78 Å². The molecule has 2 fully saturated rings. The summed E-state index contributed by atoms with van der Waals surface area (Å²) >= 11 is 0. The van der Waals surface area contributed by atoms with E-state index in [4.69, 9.17) is 4.74 Å². The van der Waals surface area contributed by atoms with E-state index in [1.54, 1.807) is 12.4 Å². The van der Waals surface area contributed by atoms with Crippen molar-refractivity contribution in [1.82, 2.24) is 20.2 Å². The molecule has 0 radical (unpaired) electrons. The number of rotatable bonds is 3. The molecular formula is C20H23N5O3. The fourth-order valence-corrected chi connectivity index (χ4v) is 3.60. The van der Waals surface area contributed by atoms with E-state index >= 15 is 0 Å². The van der Waals surface area contributed by atoms with Crippen molar-refractivity contribution in [3.63, 3.8) is 0 Å². The number of anilines is 1. The van der Waals surface area contributed by atoms with Gasteiger partial charge in [0.2, 0.25) is 0 Å². The number of hydrogen-bond acceptors (Lipinski definition) is 6. The van der Waals surface area contributed by atoms with Crippen LogP contribution in [-0.4, -0.2) is 66.2 Å². The van der Waals surface area contributed by atoms with Crippen LogP contribution in [0.3, 0.4) is 0 Å². The highest BCUT2D eigenvalue weighted by Gasteiger charge is 2.43. The lowest BCUT2D eigenvalue weighted by molar-refractivity contribution is 0.00331. The Bertz CT molecular complexity index is 906. The van der Waals surface area contributed by atoms with Gasteiger partial charge in [0, 0.05) is 51.2 Å². The summed E-state index contributed by atoms with van der Waals surface area (Å²) in [6.07, 6.45) is 4.32. The van der Waals surface area contributed by atoms with E-state index in [2.05, 4.69) is 15.3 Å². The minimum atomic E-state index is -0.460. The van der Waals surface area contributed by atoms with Crippen LogP contribution in [0.2, 0.25) is 0 Å². The number of likely N-dealkylation sites (tertiary alicyclic amines) is 1. The van der Waals surface area contributed by atoms with E-state index in [0.29, 0.717) is 38.0 Å². The highest BCUT2D eigenvalue weighted by atomic mass is 16.6. The summed E-state index contributed by atoms with van der Waals surface area (Å²) in [5, 5.41) is 2.71. The van der Waals surface area contributed by atoms with Gasteiger partial charge in [0.15, 0.2) is 0 Å². The first kappa shape index (κ1) is 18.2. The van der Waals surface area contributed by atoms with Crippen LogP contribution in [-0.2, 0) is 4.74 Å². The van der Waals surface area contributed by atoms with Crippen molar-refractivity contribution in [2.24, 2.45) is 0 Å². The monoisotopic (exact) mass is 381 g/mol. The smallest absolute Gasteiger partial charge is 0.407 e. The molecule has 3 heterocycles. The van der Waals surface area contributed by atoms with Gasteiger partial charge in [-0.3, -0.25) is 9.78 Å². The topological polar surface area (TPSA) is 87.7 Å². The van der Waals surface area contributed by atoms with Crippen LogP contribution in [0.15, 0.2) is 36.7 Å². The van der Waals surface area contributed by atoms with Crippen LogP contribution in [0.1, 0.15) is 23.2 Å². The van der Waals surface area contributed by atoms with Crippen LogP contribution in [0, 0.1) is 0 Å². The minimum absolute atomic E-state index is 0.0225. The van der Waals surface area contributed by atoms with Crippen molar-refractivity contribution in [2.75, 3.05) is 38.6 Å². The van der Waals surface area contributed by atoms with E-state index in [1.807, 2.05) is 48.2 Å². The van der Waals surface area contributed by atoms with Gasteiger partial charge in [-0.15, -0.1) is 0 Å². The molecule has 1 spiro atoms. The van der Waals surface area contributed by atoms with Crippen molar-refractivity contribution in [2.45, 2.75) is 18.4 Å². The molecule has 2 saturated heterocycles. The first-order valence-electron chi connectivity index (χ1n) is 9.32. The van der Waals surface area contributed by atoms with Crippen molar-refractivity contribution in [3.8, 4) is 11.3 Å². The summed E-state index contributed by atoms with van der Waals surface area (Å²) in [6.45, 7) is 1.64. The molecule has 2 aromatic rings. The molecule has 8 heteroatoms. The van der Waals surface area contributed by atoms with Crippen molar-refractivity contribution in [1.29, 1.82) is 0 Å². The van der Waals surface area contributed by atoms with Gasteiger partial charge in [0.25, 0.3) is 5.91 Å². The SMILES string of the molecule is CN(C)c1cncc(-c2cccc(C(=O)N3CCC4(CC3)CNC(=O)O4)c2)n1. The summed E-state index contributed by atoms with van der Waals surface area (Å²) in [5.41, 5.74) is 1.73. The second kappa shape index (κ2) is 7.10. The predicted octanol–water partition coefficient (Wildman–Crippen LogP) is 1.92. The second-order valence-electron chi connectivity index (χ2n) is 7.46. The van der Waals surface area contributed by atoms with Gasteiger partial charge in [0.05, 0.1) is 24.6 Å². The van der Waals surface area contributed by atoms with Crippen molar-refractivity contribution >= 4 is 17.8 Å². The normalized spacial score (nSPS) is 17.9. The Hall–Kier alpha value is -3.16. The third-order valence-corrected chi connectivity index (χ3v) is 5.31. The number of piperidine rings is 1. The van der Waals surface area contributed by atoms with Crippen molar-refractivity contribution in [3.05, 3.63) is 42.2 Å². The number of carbonyl (C=O) groups is 2. The molecule has 28 heavy (non-hydrogen) atoms. The number of carbonyl (C=O) groups excluding carboxylic acids is 2. The number of nitrogens with one attached hydrogen (secondary N) is 1. The molecule has 2 aliphatic rings. The third-order valence-electron chi connectivity index (χ3n) is 5.31. The fourth-order valence-electron chi connectivity index (χ4n) is 3.60. The van der Waals surface area contributed by atoms with Crippen LogP contribution in [0.4, 0.5) is 10.6 Å². The standard InChI is InChI=1S/C20H23N5O3/c1-24(2)17-12-21-11-16(23-17)14-4-3-5-15(10-14)18(26)25-8-6-20(7-9-25)13-22-19(27)28-20/h3-5,10-12H,6-9,13H2,1-2H3,(H,22,27). The van der Waals surface area contributed by atoms with Crippen LogP contribution in [0.25, 0.3) is 11.3 Å². The van der Waals surface area contributed by atoms with Gasteiger partial charge < -0.3 is 19.9 Å². The molecule has 1 aromatic heterocycles. The first-order chi connectivity index (χ1) is 13.5. The Morgan fingerprint density at radius 3 is 2.71 bits per heavy atom. The summed E-state index contributed by atoms with van der Waals surface area (Å²) in [7, 11) is 3.82. The summed E-state index contributed by atoms with van der Waals surface area (Å²) in [6, 6.07) is 7.46.